The SMILES string of the molecule is Cc1cnn(C)c1C(C)Oc1cc(B(O)O)cnc1N. The molecule has 0 saturated carbocycles. The molecule has 2 aromatic heterocycles. The van der Waals surface area contributed by atoms with Crippen molar-refractivity contribution in [3.63, 3.8) is 0 Å². The first-order valence-corrected chi connectivity index (χ1v) is 6.17. The van der Waals surface area contributed by atoms with Crippen LogP contribution in [0.25, 0.3) is 0 Å². The topological polar surface area (TPSA) is 106 Å². The number of pyridine rings is 1. The first-order chi connectivity index (χ1) is 9.40. The molecule has 0 fully saturated rings. The van der Waals surface area contributed by atoms with Crippen LogP contribution in [0.5, 0.6) is 5.75 Å². The second-order valence-electron chi connectivity index (χ2n) is 4.62. The molecule has 2 heterocycles. The Kier molecular flexibility index (Phi) is 3.96. The number of aromatic nitrogens is 3. The fraction of sp³-hybridized carbons (Fsp3) is 0.333. The smallest absolute Gasteiger partial charge is 0.481 e. The number of rotatable bonds is 4. The van der Waals surface area contributed by atoms with Gasteiger partial charge in [0, 0.05) is 18.7 Å². The average Bonchev–Trinajstić information content (AvgIpc) is 2.71. The summed E-state index contributed by atoms with van der Waals surface area (Å²) in [5.41, 5.74) is 7.89. The molecule has 8 heteroatoms. The summed E-state index contributed by atoms with van der Waals surface area (Å²) in [7, 11) is 0.219. The van der Waals surface area contributed by atoms with Gasteiger partial charge in [0.15, 0.2) is 11.6 Å². The Hall–Kier alpha value is -2.06. The molecule has 2 rings (SSSR count). The van der Waals surface area contributed by atoms with Crippen LogP contribution in [-0.4, -0.2) is 31.9 Å². The molecule has 0 amide bonds. The van der Waals surface area contributed by atoms with Crippen molar-refractivity contribution in [3.8, 4) is 5.75 Å². The summed E-state index contributed by atoms with van der Waals surface area (Å²) in [6.07, 6.45) is 2.76. The highest BCUT2D eigenvalue weighted by atomic mass is 16.5. The van der Waals surface area contributed by atoms with Gasteiger partial charge in [0.05, 0.1) is 11.9 Å². The van der Waals surface area contributed by atoms with E-state index in [4.69, 9.17) is 20.5 Å². The van der Waals surface area contributed by atoms with Crippen molar-refractivity contribution >= 4 is 18.4 Å². The summed E-state index contributed by atoms with van der Waals surface area (Å²) >= 11 is 0. The standard InChI is InChI=1S/C12H17BN4O3/c1-7-5-16-17(3)11(7)8(2)20-10-4-9(13(18)19)6-15-12(10)14/h4-6,8,18-19H,1-3H3,(H2,14,15). The molecule has 0 saturated heterocycles. The van der Waals surface area contributed by atoms with E-state index in [0.29, 0.717) is 5.75 Å². The van der Waals surface area contributed by atoms with E-state index in [9.17, 15) is 0 Å². The van der Waals surface area contributed by atoms with Crippen LogP contribution in [0.15, 0.2) is 18.5 Å². The molecule has 1 atom stereocenters. The van der Waals surface area contributed by atoms with Crippen LogP contribution >= 0.6 is 0 Å². The second-order valence-corrected chi connectivity index (χ2v) is 4.62. The fourth-order valence-corrected chi connectivity index (χ4v) is 2.09. The third-order valence-corrected chi connectivity index (χ3v) is 3.07. The van der Waals surface area contributed by atoms with Crippen molar-refractivity contribution in [1.29, 1.82) is 0 Å². The van der Waals surface area contributed by atoms with Crippen LogP contribution in [0.4, 0.5) is 5.82 Å². The Morgan fingerprint density at radius 3 is 2.65 bits per heavy atom. The van der Waals surface area contributed by atoms with E-state index >= 15 is 0 Å². The van der Waals surface area contributed by atoms with Gasteiger partial charge >= 0.3 is 7.12 Å². The van der Waals surface area contributed by atoms with Crippen LogP contribution in [0, 0.1) is 6.92 Å². The number of aryl methyl sites for hydroxylation is 2. The van der Waals surface area contributed by atoms with Crippen molar-refractivity contribution in [2.45, 2.75) is 20.0 Å². The predicted octanol–water partition coefficient (Wildman–Crippen LogP) is -0.474. The number of nitrogens with zero attached hydrogens (tertiary/aromatic N) is 3. The molecular formula is C12H17BN4O3. The maximum atomic E-state index is 9.15. The lowest BCUT2D eigenvalue weighted by Gasteiger charge is -2.17. The maximum Gasteiger partial charge on any atom is 0.490 e. The number of nitrogens with two attached hydrogens (primary N) is 1. The molecule has 0 aliphatic carbocycles. The Bertz CT molecular complexity index is 595. The maximum absolute atomic E-state index is 9.15. The third-order valence-electron chi connectivity index (χ3n) is 3.07. The monoisotopic (exact) mass is 276 g/mol. The quantitative estimate of drug-likeness (QED) is 0.651. The van der Waals surface area contributed by atoms with Gasteiger partial charge in [-0.2, -0.15) is 5.10 Å². The lowest BCUT2D eigenvalue weighted by atomic mass is 9.81. The lowest BCUT2D eigenvalue weighted by molar-refractivity contribution is 0.216. The molecule has 0 bridgehead atoms. The van der Waals surface area contributed by atoms with E-state index in [1.165, 1.54) is 12.3 Å². The van der Waals surface area contributed by atoms with Crippen molar-refractivity contribution in [2.75, 3.05) is 5.73 Å². The largest absolute Gasteiger partial charge is 0.490 e. The van der Waals surface area contributed by atoms with Crippen molar-refractivity contribution in [3.05, 3.63) is 29.7 Å². The van der Waals surface area contributed by atoms with Gasteiger partial charge in [0.25, 0.3) is 0 Å². The Labute approximate surface area is 117 Å². The highest BCUT2D eigenvalue weighted by Gasteiger charge is 2.19. The fourth-order valence-electron chi connectivity index (χ4n) is 2.09. The molecular weight excluding hydrogens is 259 g/mol. The van der Waals surface area contributed by atoms with E-state index in [0.717, 1.165) is 11.3 Å². The number of hydrogen-bond acceptors (Lipinski definition) is 6. The molecule has 4 N–H and O–H groups in total. The van der Waals surface area contributed by atoms with Crippen LogP contribution in [0.2, 0.25) is 0 Å². The normalized spacial score (nSPS) is 12.2. The molecule has 1 unspecified atom stereocenters. The minimum Gasteiger partial charge on any atom is -0.481 e. The van der Waals surface area contributed by atoms with Crippen molar-refractivity contribution < 1.29 is 14.8 Å². The molecule has 0 aromatic carbocycles. The molecule has 20 heavy (non-hydrogen) atoms. The summed E-state index contributed by atoms with van der Waals surface area (Å²) in [6.45, 7) is 3.81. The lowest BCUT2D eigenvalue weighted by Crippen LogP contribution is -2.30. The minimum absolute atomic E-state index is 0.195. The molecule has 7 nitrogen and oxygen atoms in total. The molecule has 0 radical (unpaired) electrons. The summed E-state index contributed by atoms with van der Waals surface area (Å²) in [4.78, 5) is 3.89. The van der Waals surface area contributed by atoms with Crippen LogP contribution in [-0.2, 0) is 7.05 Å². The first kappa shape index (κ1) is 14.4. The van der Waals surface area contributed by atoms with E-state index in [1.54, 1.807) is 10.9 Å². The zero-order valence-corrected chi connectivity index (χ0v) is 11.6. The number of ether oxygens (including phenoxy) is 1. The third kappa shape index (κ3) is 2.76. The van der Waals surface area contributed by atoms with Gasteiger partial charge in [-0.1, -0.05) is 0 Å². The van der Waals surface area contributed by atoms with Gasteiger partial charge in [0.2, 0.25) is 0 Å². The molecule has 0 spiro atoms. The second kappa shape index (κ2) is 5.52. The predicted molar refractivity (Wildman–Crippen MR) is 75.5 cm³/mol. The van der Waals surface area contributed by atoms with Gasteiger partial charge in [0.1, 0.15) is 6.10 Å². The summed E-state index contributed by atoms with van der Waals surface area (Å²) in [6, 6.07) is 1.47. The van der Waals surface area contributed by atoms with Crippen LogP contribution in [0.1, 0.15) is 24.3 Å². The molecule has 2 aromatic rings. The molecule has 0 aliphatic rings. The zero-order chi connectivity index (χ0) is 14.9. The number of anilines is 1. The van der Waals surface area contributed by atoms with E-state index in [2.05, 4.69) is 10.1 Å². The van der Waals surface area contributed by atoms with Gasteiger partial charge in [-0.3, -0.25) is 4.68 Å². The minimum atomic E-state index is -1.61. The molecule has 0 aliphatic heterocycles. The van der Waals surface area contributed by atoms with Gasteiger partial charge in [-0.15, -0.1) is 0 Å². The van der Waals surface area contributed by atoms with E-state index < -0.39 is 7.12 Å². The summed E-state index contributed by atoms with van der Waals surface area (Å²) in [5.74, 6) is 0.504. The van der Waals surface area contributed by atoms with Crippen LogP contribution < -0.4 is 15.9 Å². The Morgan fingerprint density at radius 1 is 1.40 bits per heavy atom. The first-order valence-electron chi connectivity index (χ1n) is 6.17. The zero-order valence-electron chi connectivity index (χ0n) is 11.6. The highest BCUT2D eigenvalue weighted by Crippen LogP contribution is 2.26. The van der Waals surface area contributed by atoms with Gasteiger partial charge in [-0.05, 0) is 25.5 Å². The Morgan fingerprint density at radius 2 is 2.10 bits per heavy atom. The van der Waals surface area contributed by atoms with E-state index in [-0.39, 0.29) is 17.4 Å². The number of nitrogen functional groups attached to an aromatic ring is 1. The van der Waals surface area contributed by atoms with Gasteiger partial charge < -0.3 is 20.5 Å². The van der Waals surface area contributed by atoms with Crippen LogP contribution in [0.3, 0.4) is 0 Å². The highest BCUT2D eigenvalue weighted by molar-refractivity contribution is 6.58. The summed E-state index contributed by atoms with van der Waals surface area (Å²) < 4.78 is 7.50. The number of hydrogen-bond donors (Lipinski definition) is 3. The Balaban J connectivity index is 2.28. The van der Waals surface area contributed by atoms with E-state index in [1.807, 2.05) is 20.9 Å². The van der Waals surface area contributed by atoms with Crippen molar-refractivity contribution in [1.82, 2.24) is 14.8 Å². The molecule has 106 valence electrons. The van der Waals surface area contributed by atoms with Crippen molar-refractivity contribution in [2.24, 2.45) is 7.05 Å². The summed E-state index contributed by atoms with van der Waals surface area (Å²) in [5, 5.41) is 22.5. The van der Waals surface area contributed by atoms with Gasteiger partial charge in [-0.25, -0.2) is 4.98 Å². The average molecular weight is 276 g/mol.